The maximum absolute atomic E-state index is 14.4. The van der Waals surface area contributed by atoms with E-state index in [1.807, 2.05) is 97.0 Å². The van der Waals surface area contributed by atoms with Crippen LogP contribution >= 0.6 is 0 Å². The van der Waals surface area contributed by atoms with Crippen molar-refractivity contribution < 1.29 is 29.0 Å². The van der Waals surface area contributed by atoms with Gasteiger partial charge in [-0.05, 0) is 54.2 Å². The number of benzene rings is 1. The number of hydrogen-bond donors (Lipinski definition) is 4. The number of methoxy groups -OCH3 is 1. The lowest BCUT2D eigenvalue weighted by Crippen LogP contribution is -2.61. The number of urea groups is 1. The van der Waals surface area contributed by atoms with Crippen LogP contribution in [0.15, 0.2) is 48.5 Å². The molecule has 5 amide bonds. The number of aryl methyl sites for hydroxylation is 1. The second-order valence-corrected chi connectivity index (χ2v) is 16.7. The zero-order chi connectivity index (χ0) is 39.5. The summed E-state index contributed by atoms with van der Waals surface area (Å²) in [7, 11) is 1.24. The highest BCUT2D eigenvalue weighted by atomic mass is 16.5. The molecule has 1 saturated heterocycles. The van der Waals surface area contributed by atoms with Crippen LogP contribution in [0, 0.1) is 23.7 Å². The summed E-state index contributed by atoms with van der Waals surface area (Å²) in [6.45, 7) is 19.2. The number of carbonyl (C=O) groups is 4. The summed E-state index contributed by atoms with van der Waals surface area (Å²) >= 11 is 0. The minimum absolute atomic E-state index is 0.00503. The van der Waals surface area contributed by atoms with Crippen molar-refractivity contribution in [3.05, 3.63) is 65.5 Å². The second kappa shape index (κ2) is 19.2. The Morgan fingerprint density at radius 1 is 0.943 bits per heavy atom. The first-order chi connectivity index (χ1) is 24.8. The highest BCUT2D eigenvalue weighted by molar-refractivity contribution is 5.89. The van der Waals surface area contributed by atoms with Crippen molar-refractivity contribution in [2.75, 3.05) is 39.8 Å². The summed E-state index contributed by atoms with van der Waals surface area (Å²) in [5.74, 6) is -0.511. The number of carbonyl (C=O) groups excluding carboxylic acids is 4. The normalized spacial score (nSPS) is 16.0. The van der Waals surface area contributed by atoms with Crippen molar-refractivity contribution in [3.8, 4) is 0 Å². The van der Waals surface area contributed by atoms with Crippen molar-refractivity contribution >= 4 is 23.9 Å². The van der Waals surface area contributed by atoms with Gasteiger partial charge in [-0.2, -0.15) is 0 Å². The third kappa shape index (κ3) is 13.3. The average molecular weight is 738 g/mol. The Balaban J connectivity index is 1.84. The molecule has 0 bridgehead atoms. The van der Waals surface area contributed by atoms with Crippen LogP contribution in [-0.4, -0.2) is 113 Å². The fraction of sp³-hybridized carbons (Fsp3) is 0.625. The molecule has 1 aliphatic heterocycles. The molecule has 1 aliphatic rings. The zero-order valence-corrected chi connectivity index (χ0v) is 33.4. The van der Waals surface area contributed by atoms with Gasteiger partial charge in [-0.15, -0.1) is 0 Å². The standard InChI is InChI=1S/C40H63N7O6/c1-27(2)19-22-46(44-35(49)33(39(4,5)6)43-37(51)53-10)26-32(48)31(25-29-16-12-11-13-17-29)42-36(50)34(40(7,8)9)47-24-23-45(38(47)52)21-20-30-18-14-15-28(3)41-30/h11-18,27,31-34,48H,19-26H2,1-10H3,(H,42,50)(H,43,51)(H,44,49). The minimum Gasteiger partial charge on any atom is -0.453 e. The van der Waals surface area contributed by atoms with Crippen LogP contribution in [0.1, 0.15) is 78.8 Å². The number of alkyl carbamates (subject to hydrolysis) is 1. The number of amides is 5. The van der Waals surface area contributed by atoms with Crippen molar-refractivity contribution in [1.29, 1.82) is 0 Å². The fourth-order valence-electron chi connectivity index (χ4n) is 6.48. The van der Waals surface area contributed by atoms with Gasteiger partial charge in [0.1, 0.15) is 12.1 Å². The largest absolute Gasteiger partial charge is 0.453 e. The quantitative estimate of drug-likeness (QED) is 0.175. The molecule has 2 aromatic rings. The number of pyridine rings is 1. The van der Waals surface area contributed by atoms with Crippen LogP contribution in [0.2, 0.25) is 0 Å². The average Bonchev–Trinajstić information content (AvgIpc) is 3.42. The number of hydrazine groups is 1. The van der Waals surface area contributed by atoms with Crippen LogP contribution in [0.25, 0.3) is 0 Å². The molecular weight excluding hydrogens is 674 g/mol. The number of ether oxygens (including phenoxy) is 1. The molecular formula is C40H63N7O6. The van der Waals surface area contributed by atoms with Gasteiger partial charge in [-0.3, -0.25) is 20.0 Å². The van der Waals surface area contributed by atoms with E-state index in [9.17, 15) is 24.3 Å². The lowest BCUT2D eigenvalue weighted by Gasteiger charge is -2.38. The van der Waals surface area contributed by atoms with E-state index in [2.05, 4.69) is 34.9 Å². The van der Waals surface area contributed by atoms with E-state index in [4.69, 9.17) is 4.74 Å². The second-order valence-electron chi connectivity index (χ2n) is 16.7. The molecule has 0 spiro atoms. The van der Waals surface area contributed by atoms with Gasteiger partial charge in [-0.25, -0.2) is 14.6 Å². The fourth-order valence-corrected chi connectivity index (χ4v) is 6.48. The Labute approximate surface area is 316 Å². The predicted octanol–water partition coefficient (Wildman–Crippen LogP) is 4.32. The van der Waals surface area contributed by atoms with Crippen LogP contribution in [0.4, 0.5) is 9.59 Å². The van der Waals surface area contributed by atoms with Crippen LogP contribution in [0.5, 0.6) is 0 Å². The van der Waals surface area contributed by atoms with Gasteiger partial charge in [0.15, 0.2) is 0 Å². The maximum atomic E-state index is 14.4. The highest BCUT2D eigenvalue weighted by Gasteiger charge is 2.44. The molecule has 4 unspecified atom stereocenters. The topological polar surface area (TPSA) is 156 Å². The van der Waals surface area contributed by atoms with Crippen molar-refractivity contribution in [1.82, 2.24) is 35.9 Å². The molecule has 13 heteroatoms. The highest BCUT2D eigenvalue weighted by Crippen LogP contribution is 2.28. The number of nitrogens with zero attached hydrogens (tertiary/aromatic N) is 4. The SMILES string of the molecule is COC(=O)NC(C(=O)NN(CCC(C)C)CC(O)C(Cc1ccccc1)NC(=O)C(N1CCN(CCc2cccc(C)n2)C1=O)C(C)(C)C)C(C)(C)C. The van der Waals surface area contributed by atoms with E-state index in [1.165, 1.54) is 7.11 Å². The first-order valence-electron chi connectivity index (χ1n) is 18.7. The summed E-state index contributed by atoms with van der Waals surface area (Å²) in [6, 6.07) is 12.7. The third-order valence-corrected chi connectivity index (χ3v) is 9.41. The first-order valence-corrected chi connectivity index (χ1v) is 18.7. The third-order valence-electron chi connectivity index (χ3n) is 9.41. The van der Waals surface area contributed by atoms with Crippen molar-refractivity contribution in [3.63, 3.8) is 0 Å². The molecule has 4 atom stereocenters. The Kier molecular flexibility index (Phi) is 15.6. The molecule has 2 heterocycles. The van der Waals surface area contributed by atoms with Gasteiger partial charge >= 0.3 is 12.1 Å². The Hall–Kier alpha value is -4.23. The van der Waals surface area contributed by atoms with E-state index >= 15 is 0 Å². The molecule has 1 aromatic heterocycles. The van der Waals surface area contributed by atoms with Gasteiger partial charge in [0.05, 0.1) is 19.3 Å². The maximum Gasteiger partial charge on any atom is 0.407 e. The number of rotatable bonds is 17. The smallest absolute Gasteiger partial charge is 0.407 e. The molecule has 4 N–H and O–H groups in total. The van der Waals surface area contributed by atoms with Crippen molar-refractivity contribution in [2.24, 2.45) is 16.7 Å². The Morgan fingerprint density at radius 3 is 2.21 bits per heavy atom. The summed E-state index contributed by atoms with van der Waals surface area (Å²) in [6.07, 6.45) is -0.211. The first kappa shape index (κ1) is 43.2. The summed E-state index contributed by atoms with van der Waals surface area (Å²) in [4.78, 5) is 61.9. The van der Waals surface area contributed by atoms with Crippen molar-refractivity contribution in [2.45, 2.75) is 106 Å². The van der Waals surface area contributed by atoms with Crippen LogP contribution in [0.3, 0.4) is 0 Å². The molecule has 13 nitrogen and oxygen atoms in total. The Morgan fingerprint density at radius 2 is 1.62 bits per heavy atom. The molecule has 0 radical (unpaired) electrons. The predicted molar refractivity (Wildman–Crippen MR) is 206 cm³/mol. The molecule has 0 saturated carbocycles. The minimum atomic E-state index is -1.12. The van der Waals surface area contributed by atoms with Gasteiger partial charge < -0.3 is 30.3 Å². The van der Waals surface area contributed by atoms with Gasteiger partial charge in [0, 0.05) is 50.5 Å². The number of nitrogens with one attached hydrogen (secondary N) is 3. The molecule has 53 heavy (non-hydrogen) atoms. The molecule has 0 aliphatic carbocycles. The van der Waals surface area contributed by atoms with E-state index in [-0.39, 0.29) is 18.5 Å². The lowest BCUT2D eigenvalue weighted by atomic mass is 9.84. The summed E-state index contributed by atoms with van der Waals surface area (Å²) < 4.78 is 4.77. The monoisotopic (exact) mass is 737 g/mol. The molecule has 3 rings (SSSR count). The number of aliphatic hydroxyl groups is 1. The molecule has 1 fully saturated rings. The van der Waals surface area contributed by atoms with Crippen LogP contribution in [-0.2, 0) is 27.2 Å². The van der Waals surface area contributed by atoms with E-state index in [0.717, 1.165) is 17.0 Å². The van der Waals surface area contributed by atoms with E-state index in [0.29, 0.717) is 51.4 Å². The van der Waals surface area contributed by atoms with Gasteiger partial charge in [-0.1, -0.05) is 91.8 Å². The van der Waals surface area contributed by atoms with E-state index in [1.54, 1.807) is 14.8 Å². The van der Waals surface area contributed by atoms with E-state index < -0.39 is 47.1 Å². The molecule has 1 aromatic carbocycles. The van der Waals surface area contributed by atoms with Gasteiger partial charge in [0.2, 0.25) is 5.91 Å². The number of hydrogen-bond acceptors (Lipinski definition) is 8. The Bertz CT molecular complexity index is 1510. The zero-order valence-electron chi connectivity index (χ0n) is 33.4. The summed E-state index contributed by atoms with van der Waals surface area (Å²) in [5, 5.41) is 19.3. The van der Waals surface area contributed by atoms with Gasteiger partial charge in [0.25, 0.3) is 5.91 Å². The van der Waals surface area contributed by atoms with Crippen LogP contribution < -0.4 is 16.1 Å². The lowest BCUT2D eigenvalue weighted by molar-refractivity contribution is -0.133. The molecule has 294 valence electrons. The number of aliphatic hydroxyl groups excluding tert-OH is 1. The number of aromatic nitrogens is 1. The summed E-state index contributed by atoms with van der Waals surface area (Å²) in [5.41, 5.74) is 4.40.